The van der Waals surface area contributed by atoms with Crippen LogP contribution in [0.2, 0.25) is 0 Å². The molecular formula is C23H24N4O2. The van der Waals surface area contributed by atoms with Crippen LogP contribution in [0.3, 0.4) is 0 Å². The number of nitrogens with zero attached hydrogens (tertiary/aromatic N) is 3. The molecule has 148 valence electrons. The number of piperazine rings is 1. The second-order valence-corrected chi connectivity index (χ2v) is 7.29. The Bertz CT molecular complexity index is 1020. The molecule has 1 aliphatic rings. The van der Waals surface area contributed by atoms with E-state index in [9.17, 15) is 10.1 Å². The molecule has 1 saturated heterocycles. The molecule has 1 N–H and O–H groups in total. The summed E-state index contributed by atoms with van der Waals surface area (Å²) < 4.78 is 7.60. The highest BCUT2D eigenvalue weighted by atomic mass is 16.6. The number of nitriles is 1. The molecule has 0 aliphatic carbocycles. The second-order valence-electron chi connectivity index (χ2n) is 7.29. The molecule has 2 aromatic carbocycles. The Labute approximate surface area is 170 Å². The van der Waals surface area contributed by atoms with Crippen LogP contribution in [-0.4, -0.2) is 41.2 Å². The van der Waals surface area contributed by atoms with Crippen molar-refractivity contribution < 1.29 is 9.53 Å². The quantitative estimate of drug-likeness (QED) is 0.726. The van der Waals surface area contributed by atoms with Crippen molar-refractivity contribution in [3.63, 3.8) is 0 Å². The summed E-state index contributed by atoms with van der Waals surface area (Å²) in [6.07, 6.45) is 2.52. The summed E-state index contributed by atoms with van der Waals surface area (Å²) in [4.78, 5) is 14.2. The van der Waals surface area contributed by atoms with Crippen LogP contribution in [-0.2, 0) is 17.9 Å². The van der Waals surface area contributed by atoms with Gasteiger partial charge in [-0.15, -0.1) is 0 Å². The predicted molar refractivity (Wildman–Crippen MR) is 111 cm³/mol. The highest BCUT2D eigenvalue weighted by Gasteiger charge is 2.24. The average Bonchev–Trinajstić information content (AvgIpc) is 3.15. The van der Waals surface area contributed by atoms with Crippen molar-refractivity contribution in [2.75, 3.05) is 19.6 Å². The van der Waals surface area contributed by atoms with Crippen molar-refractivity contribution in [1.29, 1.82) is 5.26 Å². The van der Waals surface area contributed by atoms with Crippen molar-refractivity contribution in [2.24, 2.45) is 0 Å². The molecule has 1 aliphatic heterocycles. The van der Waals surface area contributed by atoms with Crippen LogP contribution in [0.4, 0.5) is 4.79 Å². The number of carbonyl (C=O) groups is 1. The Morgan fingerprint density at radius 1 is 1.17 bits per heavy atom. The lowest BCUT2D eigenvalue weighted by Gasteiger charge is -2.33. The van der Waals surface area contributed by atoms with E-state index < -0.39 is 0 Å². The van der Waals surface area contributed by atoms with Gasteiger partial charge in [-0.25, -0.2) is 4.79 Å². The molecule has 29 heavy (non-hydrogen) atoms. The van der Waals surface area contributed by atoms with E-state index in [1.165, 1.54) is 0 Å². The number of nitrogens with one attached hydrogen (secondary N) is 1. The number of fused-ring (bicyclic) bond motifs is 1. The van der Waals surface area contributed by atoms with E-state index in [1.807, 2.05) is 60.8 Å². The maximum atomic E-state index is 12.4. The Kier molecular flexibility index (Phi) is 5.78. The van der Waals surface area contributed by atoms with Gasteiger partial charge in [0.2, 0.25) is 0 Å². The van der Waals surface area contributed by atoms with E-state index in [0.29, 0.717) is 25.3 Å². The summed E-state index contributed by atoms with van der Waals surface area (Å²) >= 11 is 0. The maximum absolute atomic E-state index is 12.4. The predicted octanol–water partition coefficient (Wildman–Crippen LogP) is 3.51. The number of amides is 1. The minimum absolute atomic E-state index is 0.194. The zero-order valence-corrected chi connectivity index (χ0v) is 16.3. The molecule has 3 aromatic rings. The van der Waals surface area contributed by atoms with E-state index in [4.69, 9.17) is 4.74 Å². The Balaban J connectivity index is 1.33. The number of hydrogen-bond donors (Lipinski definition) is 1. The number of carbonyl (C=O) groups excluding carboxylic acids is 1. The van der Waals surface area contributed by atoms with Gasteiger partial charge in [0, 0.05) is 49.3 Å². The first-order valence-electron chi connectivity index (χ1n) is 9.91. The lowest BCUT2D eigenvalue weighted by molar-refractivity contribution is 0.0839. The zero-order chi connectivity index (χ0) is 20.1. The fourth-order valence-corrected chi connectivity index (χ4v) is 3.81. The number of benzene rings is 2. The van der Waals surface area contributed by atoms with Crippen molar-refractivity contribution in [2.45, 2.75) is 25.6 Å². The first-order chi connectivity index (χ1) is 14.2. The van der Waals surface area contributed by atoms with Crippen LogP contribution in [0.25, 0.3) is 10.9 Å². The standard InChI is InChI=1S/C23H24N4O2/c24-14-19-15-26(22-9-5-4-8-21(19)22)12-10-20-16-27(13-11-25-20)23(28)29-17-18-6-2-1-3-7-18/h1-9,15,20,25H,10-13,16-17H2/t20-/m1/s1. The van der Waals surface area contributed by atoms with Crippen LogP contribution in [0.5, 0.6) is 0 Å². The molecule has 6 heteroatoms. The normalized spacial score (nSPS) is 16.5. The van der Waals surface area contributed by atoms with Gasteiger partial charge in [0.1, 0.15) is 12.7 Å². The SMILES string of the molecule is N#Cc1cn(CC[C@@H]2CN(C(=O)OCc3ccccc3)CCN2)c2ccccc12. The molecular weight excluding hydrogens is 364 g/mol. The summed E-state index contributed by atoms with van der Waals surface area (Å²) in [5, 5.41) is 13.8. The van der Waals surface area contributed by atoms with E-state index in [1.54, 1.807) is 4.90 Å². The topological polar surface area (TPSA) is 70.3 Å². The van der Waals surface area contributed by atoms with Gasteiger partial charge in [-0.3, -0.25) is 0 Å². The minimum atomic E-state index is -0.265. The number of aryl methyl sites for hydroxylation is 1. The van der Waals surface area contributed by atoms with E-state index >= 15 is 0 Å². The van der Waals surface area contributed by atoms with Crippen molar-refractivity contribution in [1.82, 2.24) is 14.8 Å². The summed E-state index contributed by atoms with van der Waals surface area (Å²) in [5.41, 5.74) is 2.75. The smallest absolute Gasteiger partial charge is 0.410 e. The van der Waals surface area contributed by atoms with Crippen LogP contribution in [0.1, 0.15) is 17.5 Å². The Morgan fingerprint density at radius 2 is 1.97 bits per heavy atom. The summed E-state index contributed by atoms with van der Waals surface area (Å²) in [6, 6.07) is 20.1. The van der Waals surface area contributed by atoms with Gasteiger partial charge in [-0.2, -0.15) is 5.26 Å². The van der Waals surface area contributed by atoms with Gasteiger partial charge in [0.25, 0.3) is 0 Å². The Morgan fingerprint density at radius 3 is 2.79 bits per heavy atom. The van der Waals surface area contributed by atoms with Crippen LogP contribution >= 0.6 is 0 Å². The highest BCUT2D eigenvalue weighted by molar-refractivity contribution is 5.86. The third kappa shape index (κ3) is 4.41. The number of para-hydroxylation sites is 1. The van der Waals surface area contributed by atoms with E-state index in [0.717, 1.165) is 36.0 Å². The second kappa shape index (κ2) is 8.80. The van der Waals surface area contributed by atoms with Gasteiger partial charge in [-0.05, 0) is 18.1 Å². The molecule has 1 aromatic heterocycles. The molecule has 0 spiro atoms. The highest BCUT2D eigenvalue weighted by Crippen LogP contribution is 2.21. The summed E-state index contributed by atoms with van der Waals surface area (Å²) in [6.45, 7) is 3.10. The van der Waals surface area contributed by atoms with E-state index in [-0.39, 0.29) is 12.1 Å². The van der Waals surface area contributed by atoms with Gasteiger partial charge < -0.3 is 19.5 Å². The molecule has 1 fully saturated rings. The van der Waals surface area contributed by atoms with Gasteiger partial charge in [0.05, 0.1) is 5.56 Å². The number of aromatic nitrogens is 1. The van der Waals surface area contributed by atoms with Gasteiger partial charge in [0.15, 0.2) is 0 Å². The molecule has 6 nitrogen and oxygen atoms in total. The van der Waals surface area contributed by atoms with E-state index in [2.05, 4.69) is 16.0 Å². The first-order valence-corrected chi connectivity index (χ1v) is 9.91. The molecule has 0 saturated carbocycles. The van der Waals surface area contributed by atoms with Crippen molar-refractivity contribution >= 4 is 17.0 Å². The molecule has 4 rings (SSSR count). The molecule has 1 amide bonds. The summed E-state index contributed by atoms with van der Waals surface area (Å²) in [7, 11) is 0. The van der Waals surface area contributed by atoms with Gasteiger partial charge in [-0.1, -0.05) is 48.5 Å². The fourth-order valence-electron chi connectivity index (χ4n) is 3.81. The third-order valence-electron chi connectivity index (χ3n) is 5.35. The fraction of sp³-hybridized carbons (Fsp3) is 0.304. The molecule has 0 unspecified atom stereocenters. The van der Waals surface area contributed by atoms with Gasteiger partial charge >= 0.3 is 6.09 Å². The lowest BCUT2D eigenvalue weighted by atomic mass is 10.1. The van der Waals surface area contributed by atoms with Crippen molar-refractivity contribution in [3.8, 4) is 6.07 Å². The third-order valence-corrected chi connectivity index (χ3v) is 5.35. The number of ether oxygens (including phenoxy) is 1. The number of hydrogen-bond acceptors (Lipinski definition) is 4. The minimum Gasteiger partial charge on any atom is -0.445 e. The first kappa shape index (κ1) is 19.0. The average molecular weight is 388 g/mol. The molecule has 0 bridgehead atoms. The molecule has 2 heterocycles. The lowest BCUT2D eigenvalue weighted by Crippen LogP contribution is -2.52. The zero-order valence-electron chi connectivity index (χ0n) is 16.3. The Hall–Kier alpha value is -3.30. The molecule has 1 atom stereocenters. The van der Waals surface area contributed by atoms with Crippen molar-refractivity contribution in [3.05, 3.63) is 71.9 Å². The molecule has 0 radical (unpaired) electrons. The van der Waals surface area contributed by atoms with Crippen LogP contribution in [0.15, 0.2) is 60.8 Å². The summed E-state index contributed by atoms with van der Waals surface area (Å²) in [5.74, 6) is 0. The van der Waals surface area contributed by atoms with Crippen LogP contribution in [0, 0.1) is 11.3 Å². The van der Waals surface area contributed by atoms with Crippen LogP contribution < -0.4 is 5.32 Å². The monoisotopic (exact) mass is 388 g/mol. The maximum Gasteiger partial charge on any atom is 0.410 e. The largest absolute Gasteiger partial charge is 0.445 e. The number of rotatable bonds is 5.